The summed E-state index contributed by atoms with van der Waals surface area (Å²) in [6, 6.07) is 2.89. The van der Waals surface area contributed by atoms with Crippen LogP contribution in [-0.4, -0.2) is 33.1 Å². The first-order valence-electron chi connectivity index (χ1n) is 7.67. The van der Waals surface area contributed by atoms with Crippen LogP contribution in [0.15, 0.2) is 12.3 Å². The molecular weight excluding hydrogens is 302 g/mol. The zero-order chi connectivity index (χ0) is 13.1. The third-order valence-electron chi connectivity index (χ3n) is 4.57. The number of likely N-dealkylation sites (tertiary alicyclic amines) is 1. The van der Waals surface area contributed by atoms with Crippen LogP contribution in [0.1, 0.15) is 50.3 Å². The minimum Gasteiger partial charge on any atom is -0.297 e. The van der Waals surface area contributed by atoms with E-state index < -0.39 is 0 Å². The lowest BCUT2D eigenvalue weighted by Crippen LogP contribution is -2.35. The lowest BCUT2D eigenvalue weighted by Gasteiger charge is -2.31. The molecule has 3 nitrogen and oxygen atoms in total. The van der Waals surface area contributed by atoms with E-state index in [4.69, 9.17) is 5.10 Å². The molecule has 0 N–H and O–H groups in total. The first-order valence-corrected chi connectivity index (χ1v) is 8.79. The number of hydrogen-bond donors (Lipinski definition) is 0. The molecule has 106 valence electrons. The second kappa shape index (κ2) is 6.40. The van der Waals surface area contributed by atoms with Gasteiger partial charge in [0.25, 0.3) is 0 Å². The van der Waals surface area contributed by atoms with Crippen LogP contribution in [0.2, 0.25) is 0 Å². The molecule has 1 aromatic heterocycles. The summed E-state index contributed by atoms with van der Waals surface area (Å²) in [5.74, 6) is 0.825. The Morgan fingerprint density at radius 3 is 2.84 bits per heavy atom. The lowest BCUT2D eigenvalue weighted by molar-refractivity contribution is 0.177. The summed E-state index contributed by atoms with van der Waals surface area (Å²) in [7, 11) is 0. The van der Waals surface area contributed by atoms with Crippen molar-refractivity contribution in [3.05, 3.63) is 18.0 Å². The molecule has 0 aromatic carbocycles. The lowest BCUT2D eigenvalue weighted by atomic mass is 10.0. The number of nitrogens with zero attached hydrogens (tertiary/aromatic N) is 3. The fourth-order valence-electron chi connectivity index (χ4n) is 3.48. The molecule has 19 heavy (non-hydrogen) atoms. The van der Waals surface area contributed by atoms with Crippen molar-refractivity contribution in [2.75, 3.05) is 18.4 Å². The Morgan fingerprint density at radius 1 is 1.21 bits per heavy atom. The van der Waals surface area contributed by atoms with E-state index in [2.05, 4.69) is 37.8 Å². The number of halogens is 1. The summed E-state index contributed by atoms with van der Waals surface area (Å²) >= 11 is 3.63. The van der Waals surface area contributed by atoms with Gasteiger partial charge in [-0.15, -0.1) is 0 Å². The van der Waals surface area contributed by atoms with Crippen molar-refractivity contribution in [2.24, 2.45) is 5.92 Å². The number of piperidine rings is 1. The Bertz CT molecular complexity index is 398. The molecule has 1 saturated heterocycles. The Hall–Kier alpha value is -0.350. The molecule has 1 aliphatic carbocycles. The van der Waals surface area contributed by atoms with Gasteiger partial charge in [0.2, 0.25) is 0 Å². The van der Waals surface area contributed by atoms with Gasteiger partial charge in [0.15, 0.2) is 0 Å². The third-order valence-corrected chi connectivity index (χ3v) is 5.48. The van der Waals surface area contributed by atoms with Crippen molar-refractivity contribution < 1.29 is 0 Å². The molecule has 0 spiro atoms. The van der Waals surface area contributed by atoms with Crippen LogP contribution in [0.3, 0.4) is 0 Å². The molecule has 0 bridgehead atoms. The van der Waals surface area contributed by atoms with Gasteiger partial charge in [-0.05, 0) is 44.2 Å². The molecule has 2 heterocycles. The minimum absolute atomic E-state index is 0.672. The Labute approximate surface area is 124 Å². The first-order chi connectivity index (χ1) is 9.35. The van der Waals surface area contributed by atoms with E-state index in [9.17, 15) is 0 Å². The standard InChI is InChI=1S/C15H24BrN3/c16-10-13-4-3-8-18(11-13)12-14-7-9-19(17-14)15-5-1-2-6-15/h7,9,13,15H,1-6,8,10-12H2. The highest BCUT2D eigenvalue weighted by molar-refractivity contribution is 9.09. The summed E-state index contributed by atoms with van der Waals surface area (Å²) in [5.41, 5.74) is 1.25. The van der Waals surface area contributed by atoms with Crippen LogP contribution in [0.4, 0.5) is 0 Å². The van der Waals surface area contributed by atoms with Crippen molar-refractivity contribution in [3.63, 3.8) is 0 Å². The van der Waals surface area contributed by atoms with E-state index in [0.29, 0.717) is 6.04 Å². The SMILES string of the molecule is BrCC1CCCN(Cc2ccn(C3CCCC3)n2)C1. The topological polar surface area (TPSA) is 21.1 Å². The van der Waals surface area contributed by atoms with Crippen molar-refractivity contribution in [2.45, 2.75) is 51.1 Å². The molecule has 0 amide bonds. The number of hydrogen-bond acceptors (Lipinski definition) is 2. The summed E-state index contributed by atoms with van der Waals surface area (Å²) in [5, 5.41) is 5.94. The molecule has 1 saturated carbocycles. The smallest absolute Gasteiger partial charge is 0.0764 e. The van der Waals surface area contributed by atoms with E-state index in [1.807, 2.05) is 0 Å². The highest BCUT2D eigenvalue weighted by atomic mass is 79.9. The van der Waals surface area contributed by atoms with Crippen LogP contribution < -0.4 is 0 Å². The van der Waals surface area contributed by atoms with Gasteiger partial charge < -0.3 is 0 Å². The van der Waals surface area contributed by atoms with E-state index >= 15 is 0 Å². The van der Waals surface area contributed by atoms with E-state index in [1.54, 1.807) is 0 Å². The van der Waals surface area contributed by atoms with Crippen LogP contribution in [0.5, 0.6) is 0 Å². The summed E-state index contributed by atoms with van der Waals surface area (Å²) in [4.78, 5) is 2.57. The quantitative estimate of drug-likeness (QED) is 0.788. The predicted molar refractivity (Wildman–Crippen MR) is 81.5 cm³/mol. The van der Waals surface area contributed by atoms with Crippen molar-refractivity contribution >= 4 is 15.9 Å². The zero-order valence-corrected chi connectivity index (χ0v) is 13.2. The van der Waals surface area contributed by atoms with Crippen molar-refractivity contribution in [1.82, 2.24) is 14.7 Å². The van der Waals surface area contributed by atoms with Crippen LogP contribution >= 0.6 is 15.9 Å². The van der Waals surface area contributed by atoms with E-state index in [0.717, 1.165) is 17.8 Å². The van der Waals surface area contributed by atoms with Gasteiger partial charge >= 0.3 is 0 Å². The monoisotopic (exact) mass is 325 g/mol. The largest absolute Gasteiger partial charge is 0.297 e. The molecule has 1 aromatic rings. The van der Waals surface area contributed by atoms with Crippen molar-refractivity contribution in [1.29, 1.82) is 0 Å². The van der Waals surface area contributed by atoms with E-state index in [-0.39, 0.29) is 0 Å². The molecule has 3 rings (SSSR count). The van der Waals surface area contributed by atoms with Gasteiger partial charge in [0.1, 0.15) is 0 Å². The van der Waals surface area contributed by atoms with Crippen LogP contribution in [0, 0.1) is 5.92 Å². The normalized spacial score (nSPS) is 26.1. The first kappa shape index (κ1) is 13.6. The number of rotatable bonds is 4. The van der Waals surface area contributed by atoms with Crippen molar-refractivity contribution in [3.8, 4) is 0 Å². The zero-order valence-electron chi connectivity index (χ0n) is 11.6. The maximum atomic E-state index is 4.80. The highest BCUT2D eigenvalue weighted by Crippen LogP contribution is 2.29. The molecule has 1 aliphatic heterocycles. The van der Waals surface area contributed by atoms with Crippen LogP contribution in [-0.2, 0) is 6.54 Å². The molecule has 2 aliphatic rings. The van der Waals surface area contributed by atoms with Gasteiger partial charge in [-0.2, -0.15) is 5.10 Å². The second-order valence-electron chi connectivity index (χ2n) is 6.12. The van der Waals surface area contributed by atoms with Gasteiger partial charge in [-0.1, -0.05) is 28.8 Å². The van der Waals surface area contributed by atoms with Gasteiger partial charge in [0.05, 0.1) is 11.7 Å². The molecule has 1 unspecified atom stereocenters. The fourth-order valence-corrected chi connectivity index (χ4v) is 4.01. The van der Waals surface area contributed by atoms with Gasteiger partial charge in [-0.3, -0.25) is 9.58 Å². The Balaban J connectivity index is 1.57. The summed E-state index contributed by atoms with van der Waals surface area (Å²) < 4.78 is 2.22. The molecule has 4 heteroatoms. The number of alkyl halides is 1. The Kier molecular flexibility index (Phi) is 4.59. The van der Waals surface area contributed by atoms with Gasteiger partial charge in [-0.25, -0.2) is 0 Å². The maximum Gasteiger partial charge on any atom is 0.0764 e. The van der Waals surface area contributed by atoms with Gasteiger partial charge in [0, 0.05) is 24.6 Å². The average Bonchev–Trinajstić information content (AvgIpc) is 3.09. The predicted octanol–water partition coefficient (Wildman–Crippen LogP) is 3.61. The molecule has 2 fully saturated rings. The summed E-state index contributed by atoms with van der Waals surface area (Å²) in [6.45, 7) is 3.49. The number of aromatic nitrogens is 2. The third kappa shape index (κ3) is 3.40. The maximum absolute atomic E-state index is 4.80. The van der Waals surface area contributed by atoms with E-state index in [1.165, 1.54) is 57.3 Å². The fraction of sp³-hybridized carbons (Fsp3) is 0.800. The average molecular weight is 326 g/mol. The second-order valence-corrected chi connectivity index (χ2v) is 6.77. The highest BCUT2D eigenvalue weighted by Gasteiger charge is 2.21. The Morgan fingerprint density at radius 2 is 2.05 bits per heavy atom. The summed E-state index contributed by atoms with van der Waals surface area (Å²) in [6.07, 6.45) is 10.3. The molecule has 1 atom stereocenters. The molecule has 0 radical (unpaired) electrons. The van der Waals surface area contributed by atoms with Crippen LogP contribution in [0.25, 0.3) is 0 Å². The molecular formula is C15H24BrN3. The minimum atomic E-state index is 0.672.